The Hall–Kier alpha value is -3.54. The van der Waals surface area contributed by atoms with Gasteiger partial charge in [-0.1, -0.05) is 66.2 Å². The molecular formula is C22H20N4O2. The first-order chi connectivity index (χ1) is 13.6. The zero-order chi connectivity index (χ0) is 19.5. The summed E-state index contributed by atoms with van der Waals surface area (Å²) in [5.74, 6) is 0.831. The number of aryl methyl sites for hydroxylation is 2. The van der Waals surface area contributed by atoms with Gasteiger partial charge in [-0.3, -0.25) is 4.79 Å². The lowest BCUT2D eigenvalue weighted by atomic mass is 10.1. The molecule has 0 radical (unpaired) electrons. The first-order valence-corrected chi connectivity index (χ1v) is 9.19. The number of hydrogen-bond donors (Lipinski definition) is 0. The van der Waals surface area contributed by atoms with Gasteiger partial charge in [-0.05, 0) is 25.0 Å². The molecule has 0 unspecified atom stereocenters. The van der Waals surface area contributed by atoms with Crippen LogP contribution < -0.4 is 5.56 Å². The number of nitrogens with zero attached hydrogens (tertiary/aromatic N) is 4. The van der Waals surface area contributed by atoms with Crippen molar-refractivity contribution in [2.24, 2.45) is 0 Å². The Morgan fingerprint density at radius 2 is 1.64 bits per heavy atom. The smallest absolute Gasteiger partial charge is 0.267 e. The summed E-state index contributed by atoms with van der Waals surface area (Å²) in [5, 5.41) is 8.48. The van der Waals surface area contributed by atoms with Crippen LogP contribution in [0.2, 0.25) is 0 Å². The van der Waals surface area contributed by atoms with Gasteiger partial charge in [-0.25, -0.2) is 4.68 Å². The van der Waals surface area contributed by atoms with Crippen LogP contribution in [0.25, 0.3) is 22.6 Å². The van der Waals surface area contributed by atoms with Gasteiger partial charge in [0.15, 0.2) is 0 Å². The van der Waals surface area contributed by atoms with E-state index in [1.54, 1.807) is 6.07 Å². The molecule has 0 bridgehead atoms. The largest absolute Gasteiger partial charge is 0.337 e. The third-order valence-corrected chi connectivity index (χ3v) is 4.59. The summed E-state index contributed by atoms with van der Waals surface area (Å²) in [6, 6.07) is 19.3. The van der Waals surface area contributed by atoms with E-state index in [-0.39, 0.29) is 12.1 Å². The highest BCUT2D eigenvalue weighted by Crippen LogP contribution is 2.18. The Labute approximate surface area is 162 Å². The predicted molar refractivity (Wildman–Crippen MR) is 107 cm³/mol. The summed E-state index contributed by atoms with van der Waals surface area (Å²) < 4.78 is 6.67. The maximum absolute atomic E-state index is 12.2. The Balaban J connectivity index is 1.59. The van der Waals surface area contributed by atoms with E-state index >= 15 is 0 Å². The van der Waals surface area contributed by atoms with E-state index in [0.717, 1.165) is 28.8 Å². The topological polar surface area (TPSA) is 73.8 Å². The van der Waals surface area contributed by atoms with Gasteiger partial charge < -0.3 is 4.52 Å². The average molecular weight is 372 g/mol. The van der Waals surface area contributed by atoms with E-state index in [1.165, 1.54) is 16.3 Å². The van der Waals surface area contributed by atoms with E-state index in [9.17, 15) is 4.79 Å². The molecule has 6 heteroatoms. The van der Waals surface area contributed by atoms with Crippen LogP contribution in [0, 0.1) is 6.92 Å². The van der Waals surface area contributed by atoms with E-state index in [2.05, 4.69) is 34.3 Å². The van der Waals surface area contributed by atoms with Crippen molar-refractivity contribution in [3.8, 4) is 22.6 Å². The highest BCUT2D eigenvalue weighted by molar-refractivity contribution is 5.58. The molecule has 0 saturated heterocycles. The van der Waals surface area contributed by atoms with Crippen molar-refractivity contribution in [1.29, 1.82) is 0 Å². The summed E-state index contributed by atoms with van der Waals surface area (Å²) in [7, 11) is 0. The minimum absolute atomic E-state index is 0.124. The fourth-order valence-corrected chi connectivity index (χ4v) is 2.89. The molecule has 140 valence electrons. The van der Waals surface area contributed by atoms with E-state index in [4.69, 9.17) is 4.52 Å². The second kappa shape index (κ2) is 7.60. The Bertz CT molecular complexity index is 1140. The molecular weight excluding hydrogens is 352 g/mol. The zero-order valence-corrected chi connectivity index (χ0v) is 15.8. The van der Waals surface area contributed by atoms with Crippen molar-refractivity contribution in [1.82, 2.24) is 19.9 Å². The normalized spacial score (nSPS) is 10.9. The van der Waals surface area contributed by atoms with Gasteiger partial charge in [-0.2, -0.15) is 10.1 Å². The Morgan fingerprint density at radius 1 is 0.929 bits per heavy atom. The van der Waals surface area contributed by atoms with Crippen LogP contribution in [-0.2, 0) is 13.0 Å². The molecule has 0 aliphatic carbocycles. The molecule has 2 aromatic carbocycles. The molecule has 0 amide bonds. The molecule has 28 heavy (non-hydrogen) atoms. The van der Waals surface area contributed by atoms with Crippen molar-refractivity contribution in [3.63, 3.8) is 0 Å². The van der Waals surface area contributed by atoms with E-state index < -0.39 is 0 Å². The Morgan fingerprint density at radius 3 is 2.36 bits per heavy atom. The quantitative estimate of drug-likeness (QED) is 0.531. The molecule has 0 aliphatic rings. The van der Waals surface area contributed by atoms with Crippen molar-refractivity contribution < 1.29 is 4.52 Å². The number of hydrogen-bond acceptors (Lipinski definition) is 5. The second-order valence-electron chi connectivity index (χ2n) is 6.64. The summed E-state index contributed by atoms with van der Waals surface area (Å²) >= 11 is 0. The van der Waals surface area contributed by atoms with Crippen LogP contribution in [0.15, 0.2) is 70.0 Å². The number of rotatable bonds is 5. The maximum Gasteiger partial charge on any atom is 0.267 e. The molecule has 4 aromatic rings. The first-order valence-electron chi connectivity index (χ1n) is 9.19. The highest BCUT2D eigenvalue weighted by atomic mass is 16.5. The van der Waals surface area contributed by atoms with Crippen LogP contribution in [0.3, 0.4) is 0 Å². The van der Waals surface area contributed by atoms with Crippen LogP contribution in [0.1, 0.15) is 23.9 Å². The lowest BCUT2D eigenvalue weighted by Crippen LogP contribution is -2.23. The molecule has 0 spiro atoms. The minimum Gasteiger partial charge on any atom is -0.337 e. The molecule has 2 aromatic heterocycles. The standard InChI is InChI=1S/C22H20N4O2/c1-3-16-6-10-17(11-7-16)19-12-13-21(27)26(24-19)14-20-23-22(25-28-20)18-8-4-15(2)5-9-18/h4-13H,3,14H2,1-2H3. The van der Waals surface area contributed by atoms with Crippen LogP contribution >= 0.6 is 0 Å². The fraction of sp³-hybridized carbons (Fsp3) is 0.182. The molecule has 0 atom stereocenters. The highest BCUT2D eigenvalue weighted by Gasteiger charge is 2.11. The molecule has 6 nitrogen and oxygen atoms in total. The van der Waals surface area contributed by atoms with Crippen molar-refractivity contribution in [2.45, 2.75) is 26.8 Å². The molecule has 0 saturated carbocycles. The minimum atomic E-state index is -0.219. The SMILES string of the molecule is CCc1ccc(-c2ccc(=O)n(Cc3nc(-c4ccc(C)cc4)no3)n2)cc1. The average Bonchev–Trinajstić information content (AvgIpc) is 3.19. The van der Waals surface area contributed by atoms with Gasteiger partial charge in [0.2, 0.25) is 11.7 Å². The van der Waals surface area contributed by atoms with Gasteiger partial charge in [0, 0.05) is 17.2 Å². The van der Waals surface area contributed by atoms with Gasteiger partial charge in [-0.15, -0.1) is 0 Å². The van der Waals surface area contributed by atoms with Gasteiger partial charge in [0.25, 0.3) is 5.56 Å². The predicted octanol–water partition coefficient (Wildman–Crippen LogP) is 3.88. The van der Waals surface area contributed by atoms with Crippen molar-refractivity contribution in [3.05, 3.63) is 88.0 Å². The molecule has 0 aliphatic heterocycles. The van der Waals surface area contributed by atoms with Crippen molar-refractivity contribution >= 4 is 0 Å². The molecule has 2 heterocycles. The van der Waals surface area contributed by atoms with Crippen LogP contribution in [0.5, 0.6) is 0 Å². The van der Waals surface area contributed by atoms with Crippen LogP contribution in [0.4, 0.5) is 0 Å². The molecule has 4 rings (SSSR count). The zero-order valence-electron chi connectivity index (χ0n) is 15.8. The summed E-state index contributed by atoms with van der Waals surface area (Å²) in [4.78, 5) is 16.6. The van der Waals surface area contributed by atoms with Gasteiger partial charge >= 0.3 is 0 Å². The van der Waals surface area contributed by atoms with Gasteiger partial charge in [0.05, 0.1) is 5.69 Å². The lowest BCUT2D eigenvalue weighted by Gasteiger charge is -2.06. The second-order valence-corrected chi connectivity index (χ2v) is 6.64. The maximum atomic E-state index is 12.2. The molecule has 0 fully saturated rings. The Kier molecular flexibility index (Phi) is 4.85. The third kappa shape index (κ3) is 3.76. The number of aromatic nitrogens is 4. The monoisotopic (exact) mass is 372 g/mol. The first kappa shape index (κ1) is 17.9. The molecule has 0 N–H and O–H groups in total. The third-order valence-electron chi connectivity index (χ3n) is 4.59. The lowest BCUT2D eigenvalue weighted by molar-refractivity contribution is 0.363. The number of benzene rings is 2. The summed E-state index contributed by atoms with van der Waals surface area (Å²) in [6.45, 7) is 4.26. The van der Waals surface area contributed by atoms with Gasteiger partial charge in [0.1, 0.15) is 6.54 Å². The van der Waals surface area contributed by atoms with E-state index in [0.29, 0.717) is 11.7 Å². The summed E-state index contributed by atoms with van der Waals surface area (Å²) in [5.41, 5.74) is 4.74. The van der Waals surface area contributed by atoms with Crippen LogP contribution in [-0.4, -0.2) is 19.9 Å². The van der Waals surface area contributed by atoms with Crippen molar-refractivity contribution in [2.75, 3.05) is 0 Å². The fourth-order valence-electron chi connectivity index (χ4n) is 2.89. The summed E-state index contributed by atoms with van der Waals surface area (Å²) in [6.07, 6.45) is 0.980. The van der Waals surface area contributed by atoms with E-state index in [1.807, 2.05) is 43.3 Å².